The molecular weight excluding hydrogens is 234 g/mol. The third-order valence-electron chi connectivity index (χ3n) is 4.79. The molecule has 0 N–H and O–H groups in total. The van der Waals surface area contributed by atoms with E-state index >= 15 is 0 Å². The number of aromatic nitrogens is 2. The first-order chi connectivity index (χ1) is 9.33. The van der Waals surface area contributed by atoms with Crippen LogP contribution >= 0.6 is 0 Å². The lowest BCUT2D eigenvalue weighted by Gasteiger charge is -2.29. The van der Waals surface area contributed by atoms with Crippen molar-refractivity contribution in [1.82, 2.24) is 14.5 Å². The lowest BCUT2D eigenvalue weighted by atomic mass is 9.96. The predicted octanol–water partition coefficient (Wildman–Crippen LogP) is 2.79. The number of hydrogen-bond donors (Lipinski definition) is 0. The average molecular weight is 255 g/mol. The molecule has 3 nitrogen and oxygen atoms in total. The van der Waals surface area contributed by atoms with Crippen molar-refractivity contribution in [3.63, 3.8) is 0 Å². The van der Waals surface area contributed by atoms with Crippen molar-refractivity contribution >= 4 is 11.0 Å². The van der Waals surface area contributed by atoms with Gasteiger partial charge < -0.3 is 9.47 Å². The highest BCUT2D eigenvalue weighted by atomic mass is 15.1. The molecule has 0 atom stereocenters. The highest BCUT2D eigenvalue weighted by molar-refractivity contribution is 5.80. The molecule has 0 radical (unpaired) electrons. The Morgan fingerprint density at radius 2 is 2.00 bits per heavy atom. The maximum atomic E-state index is 4.98. The maximum Gasteiger partial charge on any atom is 0.113 e. The SMILES string of the molecule is CN1CCC(c2nc3cccc4c3n2CCC4)CC1. The van der Waals surface area contributed by atoms with Crippen molar-refractivity contribution in [2.24, 2.45) is 0 Å². The van der Waals surface area contributed by atoms with Crippen LogP contribution in [-0.2, 0) is 13.0 Å². The highest BCUT2D eigenvalue weighted by Gasteiger charge is 2.26. The molecular formula is C16H21N3. The van der Waals surface area contributed by atoms with Crippen LogP contribution in [-0.4, -0.2) is 34.6 Å². The summed E-state index contributed by atoms with van der Waals surface area (Å²) < 4.78 is 2.52. The smallest absolute Gasteiger partial charge is 0.113 e. The summed E-state index contributed by atoms with van der Waals surface area (Å²) in [6.45, 7) is 3.58. The summed E-state index contributed by atoms with van der Waals surface area (Å²) in [5.41, 5.74) is 4.13. The third kappa shape index (κ3) is 1.79. The van der Waals surface area contributed by atoms with Gasteiger partial charge in [-0.25, -0.2) is 4.98 Å². The molecule has 0 aliphatic carbocycles. The first-order valence-electron chi connectivity index (χ1n) is 7.49. The van der Waals surface area contributed by atoms with Crippen molar-refractivity contribution in [3.8, 4) is 0 Å². The van der Waals surface area contributed by atoms with E-state index in [1.165, 1.54) is 61.2 Å². The molecule has 4 rings (SSSR count). The van der Waals surface area contributed by atoms with Crippen LogP contribution in [0.25, 0.3) is 11.0 Å². The average Bonchev–Trinajstić information content (AvgIpc) is 2.82. The molecule has 3 heterocycles. The maximum absolute atomic E-state index is 4.98. The topological polar surface area (TPSA) is 21.1 Å². The number of para-hydroxylation sites is 1. The van der Waals surface area contributed by atoms with Gasteiger partial charge in [0.05, 0.1) is 11.0 Å². The second-order valence-corrected chi connectivity index (χ2v) is 6.09. The normalized spacial score (nSPS) is 21.1. The van der Waals surface area contributed by atoms with E-state index in [1.807, 2.05) is 0 Å². The Balaban J connectivity index is 1.81. The summed E-state index contributed by atoms with van der Waals surface area (Å²) in [5, 5.41) is 0. The van der Waals surface area contributed by atoms with Gasteiger partial charge in [-0.05, 0) is 57.5 Å². The zero-order chi connectivity index (χ0) is 12.8. The van der Waals surface area contributed by atoms with Crippen LogP contribution in [0.4, 0.5) is 0 Å². The summed E-state index contributed by atoms with van der Waals surface area (Å²) >= 11 is 0. The molecule has 0 bridgehead atoms. The summed E-state index contributed by atoms with van der Waals surface area (Å²) in [6.07, 6.45) is 5.00. The lowest BCUT2D eigenvalue weighted by Crippen LogP contribution is -2.30. The molecule has 0 unspecified atom stereocenters. The zero-order valence-corrected chi connectivity index (χ0v) is 11.6. The quantitative estimate of drug-likeness (QED) is 0.781. The fourth-order valence-electron chi connectivity index (χ4n) is 3.71. The van der Waals surface area contributed by atoms with E-state index in [9.17, 15) is 0 Å². The standard InChI is InChI=1S/C16H21N3/c1-18-10-7-13(8-11-18)16-17-14-6-2-4-12-5-3-9-19(16)15(12)14/h2,4,6,13H,3,5,7-11H2,1H3. The van der Waals surface area contributed by atoms with Gasteiger partial charge in [-0.1, -0.05) is 12.1 Å². The molecule has 3 heteroatoms. The lowest BCUT2D eigenvalue weighted by molar-refractivity contribution is 0.248. The molecule has 2 aliphatic heterocycles. The van der Waals surface area contributed by atoms with E-state index < -0.39 is 0 Å². The number of aryl methyl sites for hydroxylation is 2. The Morgan fingerprint density at radius 3 is 2.84 bits per heavy atom. The van der Waals surface area contributed by atoms with Gasteiger partial charge >= 0.3 is 0 Å². The molecule has 19 heavy (non-hydrogen) atoms. The summed E-state index contributed by atoms with van der Waals surface area (Å²) in [4.78, 5) is 7.41. The number of benzene rings is 1. The zero-order valence-electron chi connectivity index (χ0n) is 11.6. The van der Waals surface area contributed by atoms with E-state index in [1.54, 1.807) is 0 Å². The number of imidazole rings is 1. The highest BCUT2D eigenvalue weighted by Crippen LogP contribution is 2.33. The van der Waals surface area contributed by atoms with Gasteiger partial charge in [0.1, 0.15) is 5.82 Å². The van der Waals surface area contributed by atoms with Gasteiger partial charge in [0, 0.05) is 12.5 Å². The van der Waals surface area contributed by atoms with E-state index in [4.69, 9.17) is 4.98 Å². The van der Waals surface area contributed by atoms with Crippen molar-refractivity contribution in [2.45, 2.75) is 38.1 Å². The van der Waals surface area contributed by atoms with E-state index in [2.05, 4.69) is 34.7 Å². The van der Waals surface area contributed by atoms with Crippen LogP contribution < -0.4 is 0 Å². The predicted molar refractivity (Wildman–Crippen MR) is 77.5 cm³/mol. The Kier molecular flexibility index (Phi) is 2.62. The molecule has 1 fully saturated rings. The number of nitrogens with zero attached hydrogens (tertiary/aromatic N) is 3. The second kappa shape index (κ2) is 4.34. The Hall–Kier alpha value is -1.35. The fraction of sp³-hybridized carbons (Fsp3) is 0.562. The van der Waals surface area contributed by atoms with Crippen LogP contribution in [0.1, 0.15) is 36.6 Å². The molecule has 1 saturated heterocycles. The molecule has 2 aromatic rings. The van der Waals surface area contributed by atoms with Crippen molar-refractivity contribution in [3.05, 3.63) is 29.6 Å². The van der Waals surface area contributed by atoms with Crippen molar-refractivity contribution < 1.29 is 0 Å². The van der Waals surface area contributed by atoms with Gasteiger partial charge in [-0.2, -0.15) is 0 Å². The van der Waals surface area contributed by atoms with E-state index in [0.29, 0.717) is 5.92 Å². The van der Waals surface area contributed by atoms with Crippen LogP contribution in [0.5, 0.6) is 0 Å². The number of likely N-dealkylation sites (tertiary alicyclic amines) is 1. The molecule has 0 spiro atoms. The first kappa shape index (κ1) is 11.5. The molecule has 0 amide bonds. The molecule has 100 valence electrons. The first-order valence-corrected chi connectivity index (χ1v) is 7.49. The number of piperidine rings is 1. The Labute approximate surface area is 114 Å². The number of hydrogen-bond acceptors (Lipinski definition) is 2. The van der Waals surface area contributed by atoms with Gasteiger partial charge in [-0.15, -0.1) is 0 Å². The minimum Gasteiger partial charge on any atom is -0.328 e. The van der Waals surface area contributed by atoms with Gasteiger partial charge in [0.25, 0.3) is 0 Å². The summed E-state index contributed by atoms with van der Waals surface area (Å²) in [6, 6.07) is 6.62. The van der Waals surface area contributed by atoms with E-state index in [0.717, 1.165) is 6.54 Å². The minimum atomic E-state index is 0.662. The largest absolute Gasteiger partial charge is 0.328 e. The van der Waals surface area contributed by atoms with Crippen molar-refractivity contribution in [2.75, 3.05) is 20.1 Å². The molecule has 2 aliphatic rings. The van der Waals surface area contributed by atoms with Crippen LogP contribution in [0.2, 0.25) is 0 Å². The van der Waals surface area contributed by atoms with Gasteiger partial charge in [-0.3, -0.25) is 0 Å². The third-order valence-corrected chi connectivity index (χ3v) is 4.79. The summed E-state index contributed by atoms with van der Waals surface area (Å²) in [7, 11) is 2.22. The molecule has 1 aromatic heterocycles. The molecule has 0 saturated carbocycles. The second-order valence-electron chi connectivity index (χ2n) is 6.09. The van der Waals surface area contributed by atoms with E-state index in [-0.39, 0.29) is 0 Å². The Morgan fingerprint density at radius 1 is 1.16 bits per heavy atom. The molecule has 1 aromatic carbocycles. The van der Waals surface area contributed by atoms with Crippen LogP contribution in [0.3, 0.4) is 0 Å². The fourth-order valence-corrected chi connectivity index (χ4v) is 3.71. The van der Waals surface area contributed by atoms with Crippen molar-refractivity contribution in [1.29, 1.82) is 0 Å². The van der Waals surface area contributed by atoms with Crippen LogP contribution in [0.15, 0.2) is 18.2 Å². The Bertz CT molecular complexity index is 606. The van der Waals surface area contributed by atoms with Gasteiger partial charge in [0.2, 0.25) is 0 Å². The number of rotatable bonds is 1. The minimum absolute atomic E-state index is 0.662. The van der Waals surface area contributed by atoms with Crippen LogP contribution in [0, 0.1) is 0 Å². The van der Waals surface area contributed by atoms with Gasteiger partial charge in [0.15, 0.2) is 0 Å². The summed E-state index contributed by atoms with van der Waals surface area (Å²) in [5.74, 6) is 2.02. The monoisotopic (exact) mass is 255 g/mol.